The molecule has 0 atom stereocenters. The van der Waals surface area contributed by atoms with E-state index >= 15 is 0 Å². The van der Waals surface area contributed by atoms with Gasteiger partial charge in [0.15, 0.2) is 17.3 Å². The minimum Gasteiger partial charge on any atom is -0.290 e. The molecule has 0 saturated carbocycles. The van der Waals surface area contributed by atoms with Crippen LogP contribution in [-0.2, 0) is 0 Å². The van der Waals surface area contributed by atoms with Crippen LogP contribution in [0.2, 0.25) is 15.1 Å². The lowest BCUT2D eigenvalue weighted by atomic mass is 9.89. The van der Waals surface area contributed by atoms with E-state index in [0.29, 0.717) is 0 Å². The zero-order valence-corrected chi connectivity index (χ0v) is 25.0. The molecule has 0 heterocycles. The van der Waals surface area contributed by atoms with Crippen molar-refractivity contribution in [1.29, 1.82) is 0 Å². The van der Waals surface area contributed by atoms with Crippen LogP contribution in [0.1, 0.15) is 78.8 Å². The van der Waals surface area contributed by atoms with Gasteiger partial charge < -0.3 is 0 Å². The molecule has 0 unspecified atom stereocenters. The molecule has 3 amide bonds. The average molecular weight is 668 g/mol. The smallest absolute Gasteiger partial charge is 0.266 e. The number of amides is 3. The quantitative estimate of drug-likeness (QED) is 0.0668. The highest BCUT2D eigenvalue weighted by molar-refractivity contribution is 6.40. The number of rotatable bonds is 9. The molecule has 4 aromatic carbocycles. The van der Waals surface area contributed by atoms with Crippen LogP contribution in [0.15, 0.2) is 72.8 Å². The average Bonchev–Trinajstić information content (AvgIpc) is 3.06. The van der Waals surface area contributed by atoms with Gasteiger partial charge in [-0.3, -0.25) is 45.0 Å². The molecule has 228 valence electrons. The number of hydrogen-bond acceptors (Lipinski definition) is 9. The summed E-state index contributed by atoms with van der Waals surface area (Å²) in [5, 5.41) is -0.724. The van der Waals surface area contributed by atoms with Gasteiger partial charge in [-0.25, -0.2) is 17.5 Å². The highest BCUT2D eigenvalue weighted by Gasteiger charge is 2.28. The molecule has 0 bridgehead atoms. The van der Waals surface area contributed by atoms with Crippen LogP contribution >= 0.6 is 34.8 Å². The van der Waals surface area contributed by atoms with Crippen molar-refractivity contribution in [3.63, 3.8) is 0 Å². The molecule has 4 rings (SSSR count). The molecular weight excluding hydrogens is 647 g/mol. The third-order valence-electron chi connectivity index (χ3n) is 6.63. The number of hydrazine groups is 3. The van der Waals surface area contributed by atoms with Gasteiger partial charge in [-0.05, 0) is 48.5 Å². The Hall–Kier alpha value is -4.95. The van der Waals surface area contributed by atoms with Gasteiger partial charge >= 0.3 is 0 Å². The number of nitrogens with one attached hydrogen (secondary N) is 3. The van der Waals surface area contributed by atoms with Gasteiger partial charge in [-0.2, -0.15) is 0 Å². The fraction of sp³-hybridized carbons (Fsp3) is 0. The fourth-order valence-electron chi connectivity index (χ4n) is 4.40. The molecule has 0 radical (unpaired) electrons. The van der Waals surface area contributed by atoms with Gasteiger partial charge in [0.25, 0.3) is 17.7 Å². The molecule has 0 aliphatic heterocycles. The maximum atomic E-state index is 14.0. The summed E-state index contributed by atoms with van der Waals surface area (Å²) in [6.07, 6.45) is 0. The first-order chi connectivity index (χ1) is 21.5. The molecule has 4 aromatic rings. The SMILES string of the molecule is NNC(=O)c1cccc(C(=O)c2ccc(C(=O)c3cccc(C(=O)NN)c3Cl)c(C(=O)c3cccc(C(=O)NN)c3Cl)c2)c1Cl. The Morgan fingerprint density at radius 1 is 0.422 bits per heavy atom. The molecule has 9 N–H and O–H groups in total. The number of carbonyl (C=O) groups excluding carboxylic acids is 6. The van der Waals surface area contributed by atoms with E-state index in [0.717, 1.165) is 6.07 Å². The minimum absolute atomic E-state index is 0.0778. The molecule has 15 heteroatoms. The second kappa shape index (κ2) is 13.8. The predicted molar refractivity (Wildman–Crippen MR) is 166 cm³/mol. The van der Waals surface area contributed by atoms with Gasteiger partial charge in [0.1, 0.15) is 0 Å². The maximum absolute atomic E-state index is 14.0. The Morgan fingerprint density at radius 2 is 0.756 bits per heavy atom. The van der Waals surface area contributed by atoms with Crippen molar-refractivity contribution in [2.45, 2.75) is 0 Å². The lowest BCUT2D eigenvalue weighted by molar-refractivity contribution is 0.0945. The van der Waals surface area contributed by atoms with Crippen LogP contribution in [0.25, 0.3) is 0 Å². The van der Waals surface area contributed by atoms with Crippen molar-refractivity contribution in [3.8, 4) is 0 Å². The summed E-state index contributed by atoms with van der Waals surface area (Å²) < 4.78 is 0. The minimum atomic E-state index is -0.848. The van der Waals surface area contributed by atoms with Crippen LogP contribution in [0.3, 0.4) is 0 Å². The summed E-state index contributed by atoms with van der Waals surface area (Å²) in [6.45, 7) is 0. The summed E-state index contributed by atoms with van der Waals surface area (Å²) in [5.74, 6) is 11.0. The molecule has 45 heavy (non-hydrogen) atoms. The predicted octanol–water partition coefficient (Wildman–Crippen LogP) is 3.15. The first-order valence-corrected chi connectivity index (χ1v) is 13.8. The van der Waals surface area contributed by atoms with Crippen LogP contribution in [0.5, 0.6) is 0 Å². The van der Waals surface area contributed by atoms with Crippen molar-refractivity contribution < 1.29 is 28.8 Å². The van der Waals surface area contributed by atoms with Gasteiger partial charge in [0.2, 0.25) is 0 Å². The van der Waals surface area contributed by atoms with E-state index in [1.165, 1.54) is 66.7 Å². The highest BCUT2D eigenvalue weighted by Crippen LogP contribution is 2.31. The fourth-order valence-corrected chi connectivity index (χ4v) is 5.29. The standard InChI is InChI=1S/C30H21Cl3N6O6/c31-22-15(4-1-7-18(22)28(43)37-34)25(40)13-10-11-14(26(41)16-5-2-8-19(23(16)32)29(44)38-35)21(12-13)27(42)17-6-3-9-20(24(17)33)30(45)39-36/h1-12H,34-36H2,(H,37,43)(H,38,44)(H,39,45). The molecule has 0 aliphatic carbocycles. The number of nitrogens with two attached hydrogens (primary N) is 3. The summed E-state index contributed by atoms with van der Waals surface area (Å²) in [7, 11) is 0. The summed E-state index contributed by atoms with van der Waals surface area (Å²) >= 11 is 19.2. The summed E-state index contributed by atoms with van der Waals surface area (Å²) in [4.78, 5) is 78.1. The van der Waals surface area contributed by atoms with E-state index < -0.39 is 35.1 Å². The van der Waals surface area contributed by atoms with Crippen molar-refractivity contribution in [3.05, 3.63) is 138 Å². The van der Waals surface area contributed by atoms with Crippen LogP contribution in [0.4, 0.5) is 0 Å². The Balaban J connectivity index is 1.93. The van der Waals surface area contributed by atoms with Gasteiger partial charge in [0, 0.05) is 33.4 Å². The van der Waals surface area contributed by atoms with E-state index in [1.807, 2.05) is 16.3 Å². The summed E-state index contributed by atoms with van der Waals surface area (Å²) in [6, 6.07) is 15.8. The topological polar surface area (TPSA) is 217 Å². The Labute approximate surface area is 269 Å². The summed E-state index contributed by atoms with van der Waals surface area (Å²) in [5.41, 5.74) is 4.40. The number of nitrogen functional groups attached to an aromatic ring is 3. The molecule has 0 aromatic heterocycles. The third kappa shape index (κ3) is 6.33. The van der Waals surface area contributed by atoms with E-state index in [4.69, 9.17) is 52.3 Å². The lowest BCUT2D eigenvalue weighted by Gasteiger charge is -2.14. The van der Waals surface area contributed by atoms with E-state index in [9.17, 15) is 28.8 Å². The Morgan fingerprint density at radius 3 is 1.13 bits per heavy atom. The van der Waals surface area contributed by atoms with E-state index in [-0.39, 0.29) is 65.1 Å². The molecule has 0 fully saturated rings. The normalized spacial score (nSPS) is 10.5. The third-order valence-corrected chi connectivity index (χ3v) is 7.85. The van der Waals surface area contributed by atoms with Crippen molar-refractivity contribution in [2.75, 3.05) is 0 Å². The molecule has 0 saturated heterocycles. The Kier molecular flexibility index (Phi) is 10.1. The second-order valence-corrected chi connectivity index (χ2v) is 10.3. The number of carbonyl (C=O) groups is 6. The number of hydrogen-bond donors (Lipinski definition) is 6. The van der Waals surface area contributed by atoms with Crippen LogP contribution in [-0.4, -0.2) is 35.1 Å². The van der Waals surface area contributed by atoms with Gasteiger partial charge in [0.05, 0.1) is 31.8 Å². The maximum Gasteiger partial charge on any atom is 0.266 e. The van der Waals surface area contributed by atoms with E-state index in [2.05, 4.69) is 0 Å². The zero-order valence-electron chi connectivity index (χ0n) is 22.7. The number of benzene rings is 4. The highest BCUT2D eigenvalue weighted by atomic mass is 35.5. The van der Waals surface area contributed by atoms with Gasteiger partial charge in [-0.1, -0.05) is 59.1 Å². The molecule has 0 aliphatic rings. The number of ketones is 3. The first-order valence-electron chi connectivity index (χ1n) is 12.6. The van der Waals surface area contributed by atoms with E-state index in [1.54, 1.807) is 0 Å². The van der Waals surface area contributed by atoms with Gasteiger partial charge in [-0.15, -0.1) is 0 Å². The number of halogens is 3. The van der Waals surface area contributed by atoms with Crippen molar-refractivity contribution >= 4 is 69.9 Å². The van der Waals surface area contributed by atoms with Crippen LogP contribution < -0.4 is 33.8 Å². The lowest BCUT2D eigenvalue weighted by Crippen LogP contribution is -2.30. The largest absolute Gasteiger partial charge is 0.290 e. The second-order valence-electron chi connectivity index (χ2n) is 9.17. The van der Waals surface area contributed by atoms with Crippen LogP contribution in [0, 0.1) is 0 Å². The molecular formula is C30H21Cl3N6O6. The molecule has 0 spiro atoms. The molecule has 12 nitrogen and oxygen atoms in total. The monoisotopic (exact) mass is 666 g/mol. The Bertz CT molecular complexity index is 1930. The zero-order chi connectivity index (χ0) is 33.0. The van der Waals surface area contributed by atoms with Crippen molar-refractivity contribution in [1.82, 2.24) is 16.3 Å². The first kappa shape index (κ1) is 33.0. The van der Waals surface area contributed by atoms with Crippen molar-refractivity contribution in [2.24, 2.45) is 17.5 Å².